The molecule has 0 saturated heterocycles. The third-order valence-corrected chi connectivity index (χ3v) is 7.72. The fourth-order valence-electron chi connectivity index (χ4n) is 3.24. The summed E-state index contributed by atoms with van der Waals surface area (Å²) in [5.41, 5.74) is 3.27. The Balaban J connectivity index is 1.86. The number of nitriles is 1. The van der Waals surface area contributed by atoms with Crippen LogP contribution in [0, 0.1) is 25.2 Å². The number of nitrogens with zero attached hydrogens (tertiary/aromatic N) is 4. The van der Waals surface area contributed by atoms with Gasteiger partial charge in [0.25, 0.3) is 11.1 Å². The van der Waals surface area contributed by atoms with E-state index in [1.54, 1.807) is 0 Å². The molecular weight excluding hydrogens is 474 g/mol. The minimum absolute atomic E-state index is 0.00485. The highest BCUT2D eigenvalue weighted by atomic mass is 32.2. The van der Waals surface area contributed by atoms with E-state index in [9.17, 15) is 18.5 Å². The van der Waals surface area contributed by atoms with E-state index in [0.29, 0.717) is 12.2 Å². The molecule has 0 spiro atoms. The summed E-state index contributed by atoms with van der Waals surface area (Å²) in [7, 11) is -3.66. The van der Waals surface area contributed by atoms with Gasteiger partial charge in [0.05, 0.1) is 11.9 Å². The second kappa shape index (κ2) is 10.2. The number of carbonyl (C=O) groups excluding carboxylic acids is 1. The number of ether oxygens (including phenoxy) is 1. The number of hydrogen-bond acceptors (Lipinski definition) is 8. The lowest BCUT2D eigenvalue weighted by atomic mass is 10.1. The van der Waals surface area contributed by atoms with Crippen LogP contribution in [0.25, 0.3) is 11.8 Å². The van der Waals surface area contributed by atoms with E-state index >= 15 is 0 Å². The lowest BCUT2D eigenvalue weighted by Crippen LogP contribution is -2.16. The molecule has 2 aromatic heterocycles. The Kier molecular flexibility index (Phi) is 7.54. The molecule has 34 heavy (non-hydrogen) atoms. The topological polar surface area (TPSA) is 127 Å². The van der Waals surface area contributed by atoms with E-state index in [2.05, 4.69) is 14.7 Å². The second-order valence-electron chi connectivity index (χ2n) is 7.69. The molecule has 178 valence electrons. The van der Waals surface area contributed by atoms with E-state index < -0.39 is 21.0 Å². The van der Waals surface area contributed by atoms with Crippen LogP contribution in [0.15, 0.2) is 41.1 Å². The molecule has 0 aliphatic heterocycles. The van der Waals surface area contributed by atoms with Gasteiger partial charge >= 0.3 is 0 Å². The molecule has 9 nitrogen and oxygen atoms in total. The zero-order valence-corrected chi connectivity index (χ0v) is 21.1. The van der Waals surface area contributed by atoms with Crippen LogP contribution in [0.4, 0.5) is 5.13 Å². The maximum Gasteiger partial charge on any atom is 0.268 e. The highest BCUT2D eigenvalue weighted by Crippen LogP contribution is 2.25. The minimum atomic E-state index is -3.66. The summed E-state index contributed by atoms with van der Waals surface area (Å²) in [5.74, 6) is 0.0799. The highest BCUT2D eigenvalue weighted by molar-refractivity contribution is 7.91. The summed E-state index contributed by atoms with van der Waals surface area (Å²) in [6, 6.07) is 11.4. The van der Waals surface area contributed by atoms with E-state index in [0.717, 1.165) is 34.4 Å². The quantitative estimate of drug-likeness (QED) is 0.365. The Labute approximate surface area is 202 Å². The SMILES string of the molecule is CCOc1ccc(-n2c(C)cc(/C=C(/C#N)C(=O)Nc3nc(S(=O)(=O)C(C)C)ns3)c2C)cc1. The van der Waals surface area contributed by atoms with Crippen molar-refractivity contribution in [3.63, 3.8) is 0 Å². The lowest BCUT2D eigenvalue weighted by molar-refractivity contribution is -0.112. The molecule has 1 N–H and O–H groups in total. The average Bonchev–Trinajstić information content (AvgIpc) is 3.37. The van der Waals surface area contributed by atoms with Gasteiger partial charge in [-0.15, -0.1) is 0 Å². The largest absolute Gasteiger partial charge is 0.494 e. The summed E-state index contributed by atoms with van der Waals surface area (Å²) in [6.45, 7) is 9.39. The number of rotatable bonds is 8. The third kappa shape index (κ3) is 5.18. The number of aromatic nitrogens is 3. The van der Waals surface area contributed by atoms with Crippen molar-refractivity contribution in [3.05, 3.63) is 52.9 Å². The normalized spacial score (nSPS) is 12.0. The first-order valence-corrected chi connectivity index (χ1v) is 12.8. The Morgan fingerprint density at radius 2 is 1.97 bits per heavy atom. The van der Waals surface area contributed by atoms with Crippen molar-refractivity contribution >= 4 is 38.5 Å². The number of nitrogens with one attached hydrogen (secondary N) is 1. The average molecular weight is 500 g/mol. The number of anilines is 1. The van der Waals surface area contributed by atoms with Crippen molar-refractivity contribution in [3.8, 4) is 17.5 Å². The van der Waals surface area contributed by atoms with E-state index in [4.69, 9.17) is 4.74 Å². The van der Waals surface area contributed by atoms with Gasteiger partial charge in [-0.2, -0.15) is 14.6 Å². The van der Waals surface area contributed by atoms with Crippen LogP contribution in [0.5, 0.6) is 5.75 Å². The van der Waals surface area contributed by atoms with Crippen LogP contribution in [0.2, 0.25) is 0 Å². The molecule has 1 amide bonds. The predicted molar refractivity (Wildman–Crippen MR) is 131 cm³/mol. The molecule has 0 aliphatic rings. The first kappa shape index (κ1) is 25.1. The van der Waals surface area contributed by atoms with Gasteiger partial charge in [-0.25, -0.2) is 8.42 Å². The highest BCUT2D eigenvalue weighted by Gasteiger charge is 2.25. The van der Waals surface area contributed by atoms with Crippen LogP contribution in [-0.4, -0.2) is 40.1 Å². The van der Waals surface area contributed by atoms with E-state index in [1.165, 1.54) is 19.9 Å². The van der Waals surface area contributed by atoms with E-state index in [-0.39, 0.29) is 15.9 Å². The second-order valence-corrected chi connectivity index (χ2v) is 10.8. The molecule has 0 aliphatic carbocycles. The van der Waals surface area contributed by atoms with Crippen molar-refractivity contribution in [1.82, 2.24) is 13.9 Å². The fourth-order valence-corrected chi connectivity index (χ4v) is 4.94. The van der Waals surface area contributed by atoms with Crippen molar-refractivity contribution in [1.29, 1.82) is 5.26 Å². The maximum absolute atomic E-state index is 12.7. The summed E-state index contributed by atoms with van der Waals surface area (Å²) in [4.78, 5) is 16.6. The molecule has 0 radical (unpaired) electrons. The molecule has 0 bridgehead atoms. The maximum atomic E-state index is 12.7. The number of benzene rings is 1. The Hall–Kier alpha value is -3.49. The molecule has 0 unspecified atom stereocenters. The Morgan fingerprint density at radius 1 is 1.29 bits per heavy atom. The molecule has 11 heteroatoms. The van der Waals surface area contributed by atoms with E-state index in [1.807, 2.05) is 61.7 Å². The molecule has 1 aromatic carbocycles. The van der Waals surface area contributed by atoms with Crippen LogP contribution < -0.4 is 10.1 Å². The van der Waals surface area contributed by atoms with Gasteiger partial charge in [-0.3, -0.25) is 10.1 Å². The molecule has 0 saturated carbocycles. The van der Waals surface area contributed by atoms with Crippen molar-refractivity contribution < 1.29 is 17.9 Å². The zero-order chi connectivity index (χ0) is 25.0. The van der Waals surface area contributed by atoms with Crippen LogP contribution in [-0.2, 0) is 14.6 Å². The third-order valence-electron chi connectivity index (χ3n) is 5.04. The number of aryl methyl sites for hydroxylation is 1. The van der Waals surface area contributed by atoms with Gasteiger partial charge < -0.3 is 9.30 Å². The fraction of sp³-hybridized carbons (Fsp3) is 0.304. The van der Waals surface area contributed by atoms with Gasteiger partial charge in [-0.05, 0) is 76.6 Å². The van der Waals surface area contributed by atoms with Crippen molar-refractivity contribution in [2.75, 3.05) is 11.9 Å². The van der Waals surface area contributed by atoms with Crippen LogP contribution >= 0.6 is 11.5 Å². The number of amides is 1. The molecular formula is C23H25N5O4S2. The van der Waals surface area contributed by atoms with Crippen LogP contribution in [0.3, 0.4) is 0 Å². The molecule has 3 rings (SSSR count). The summed E-state index contributed by atoms with van der Waals surface area (Å²) < 4.78 is 35.7. The van der Waals surface area contributed by atoms with Gasteiger partial charge in [0, 0.05) is 28.6 Å². The Bertz CT molecular complexity index is 1380. The molecule has 3 aromatic rings. The first-order valence-electron chi connectivity index (χ1n) is 10.5. The standard InChI is InChI=1S/C23H25N5O4S2/c1-6-32-20-9-7-19(8-10-20)28-15(4)11-17(16(28)5)12-18(13-24)21(29)25-22-26-23(27-33-22)34(30,31)14(2)3/h7-12,14H,6H2,1-5H3,(H,25,26,27,29)/b18-12-. The first-order chi connectivity index (χ1) is 16.1. The predicted octanol–water partition coefficient (Wildman–Crippen LogP) is 4.07. The summed E-state index contributed by atoms with van der Waals surface area (Å²) >= 11 is 0.745. The summed E-state index contributed by atoms with van der Waals surface area (Å²) in [6.07, 6.45) is 1.50. The van der Waals surface area contributed by atoms with Crippen LogP contribution in [0.1, 0.15) is 37.7 Å². The molecule has 0 fully saturated rings. The van der Waals surface area contributed by atoms with Gasteiger partial charge in [-0.1, -0.05) is 0 Å². The lowest BCUT2D eigenvalue weighted by Gasteiger charge is -2.11. The van der Waals surface area contributed by atoms with Gasteiger partial charge in [0.15, 0.2) is 0 Å². The zero-order valence-electron chi connectivity index (χ0n) is 19.5. The smallest absolute Gasteiger partial charge is 0.268 e. The number of carbonyl (C=O) groups is 1. The summed E-state index contributed by atoms with van der Waals surface area (Å²) in [5, 5.41) is 11.0. The Morgan fingerprint density at radius 3 is 2.56 bits per heavy atom. The van der Waals surface area contributed by atoms with Gasteiger partial charge in [0.1, 0.15) is 17.4 Å². The number of hydrogen-bond donors (Lipinski definition) is 1. The minimum Gasteiger partial charge on any atom is -0.494 e. The van der Waals surface area contributed by atoms with Crippen molar-refractivity contribution in [2.24, 2.45) is 0 Å². The van der Waals surface area contributed by atoms with Gasteiger partial charge in [0.2, 0.25) is 15.0 Å². The molecule has 2 heterocycles. The monoisotopic (exact) mass is 499 g/mol. The number of sulfone groups is 1. The van der Waals surface area contributed by atoms with Crippen molar-refractivity contribution in [2.45, 2.75) is 45.0 Å². The molecule has 0 atom stereocenters.